The third-order valence-electron chi connectivity index (χ3n) is 2.52. The van der Waals surface area contributed by atoms with Crippen LogP contribution in [-0.4, -0.2) is 31.7 Å². The molecule has 0 saturated heterocycles. The molecule has 0 aromatic heterocycles. The SMILES string of the molecule is CCN(CC)S(=O)(=O)c1ccccc1NC(C)=O. The summed E-state index contributed by atoms with van der Waals surface area (Å²) in [4.78, 5) is 11.2. The van der Waals surface area contributed by atoms with Gasteiger partial charge in [-0.2, -0.15) is 4.31 Å². The maximum absolute atomic E-state index is 12.4. The minimum atomic E-state index is -3.56. The standard InChI is InChI=1S/C12H18N2O3S/c1-4-14(5-2)18(16,17)12-9-7-6-8-11(12)13-10(3)15/h6-9H,4-5H2,1-3H3,(H,13,15). The lowest BCUT2D eigenvalue weighted by molar-refractivity contribution is -0.114. The predicted molar refractivity (Wildman–Crippen MR) is 70.9 cm³/mol. The molecule has 0 aliphatic heterocycles. The lowest BCUT2D eigenvalue weighted by Gasteiger charge is -2.20. The number of carbonyl (C=O) groups excluding carboxylic acids is 1. The van der Waals surface area contributed by atoms with Crippen LogP contribution in [0.25, 0.3) is 0 Å². The van der Waals surface area contributed by atoms with E-state index in [1.165, 1.54) is 17.3 Å². The number of para-hydroxylation sites is 1. The Labute approximate surface area is 108 Å². The van der Waals surface area contributed by atoms with E-state index in [0.717, 1.165) is 0 Å². The summed E-state index contributed by atoms with van der Waals surface area (Å²) in [5.74, 6) is -0.294. The minimum Gasteiger partial charge on any atom is -0.325 e. The minimum absolute atomic E-state index is 0.129. The van der Waals surface area contributed by atoms with Crippen molar-refractivity contribution in [2.45, 2.75) is 25.7 Å². The molecule has 100 valence electrons. The molecule has 1 aromatic carbocycles. The van der Waals surface area contributed by atoms with Crippen LogP contribution in [0.3, 0.4) is 0 Å². The molecule has 6 heteroatoms. The van der Waals surface area contributed by atoms with Crippen LogP contribution in [0.1, 0.15) is 20.8 Å². The highest BCUT2D eigenvalue weighted by Crippen LogP contribution is 2.24. The van der Waals surface area contributed by atoms with Crippen LogP contribution in [0.2, 0.25) is 0 Å². The fraction of sp³-hybridized carbons (Fsp3) is 0.417. The van der Waals surface area contributed by atoms with E-state index in [0.29, 0.717) is 18.8 Å². The summed E-state index contributed by atoms with van der Waals surface area (Å²) in [6.45, 7) is 5.70. The fourth-order valence-electron chi connectivity index (χ4n) is 1.69. The van der Waals surface area contributed by atoms with E-state index in [2.05, 4.69) is 5.32 Å². The Balaban J connectivity index is 3.27. The third-order valence-corrected chi connectivity index (χ3v) is 4.63. The lowest BCUT2D eigenvalue weighted by atomic mass is 10.3. The van der Waals surface area contributed by atoms with Crippen LogP contribution in [0.4, 0.5) is 5.69 Å². The number of hydrogen-bond acceptors (Lipinski definition) is 3. The van der Waals surface area contributed by atoms with Gasteiger partial charge < -0.3 is 5.32 Å². The van der Waals surface area contributed by atoms with E-state index in [9.17, 15) is 13.2 Å². The fourth-order valence-corrected chi connectivity index (χ4v) is 3.29. The van der Waals surface area contributed by atoms with Gasteiger partial charge in [-0.3, -0.25) is 4.79 Å². The van der Waals surface area contributed by atoms with Crippen molar-refractivity contribution in [1.82, 2.24) is 4.31 Å². The van der Waals surface area contributed by atoms with Crippen molar-refractivity contribution in [3.63, 3.8) is 0 Å². The second-order valence-electron chi connectivity index (χ2n) is 3.77. The number of carbonyl (C=O) groups is 1. The zero-order valence-corrected chi connectivity index (χ0v) is 11.6. The maximum atomic E-state index is 12.4. The zero-order chi connectivity index (χ0) is 13.8. The first kappa shape index (κ1) is 14.7. The van der Waals surface area contributed by atoms with Crippen molar-refractivity contribution in [2.24, 2.45) is 0 Å². The Morgan fingerprint density at radius 3 is 2.28 bits per heavy atom. The van der Waals surface area contributed by atoms with Gasteiger partial charge in [-0.25, -0.2) is 8.42 Å². The predicted octanol–water partition coefficient (Wildman–Crippen LogP) is 1.68. The first-order valence-corrected chi connectivity index (χ1v) is 7.24. The molecule has 1 N–H and O–H groups in total. The molecule has 18 heavy (non-hydrogen) atoms. The van der Waals surface area contributed by atoms with Gasteiger partial charge in [-0.05, 0) is 12.1 Å². The summed E-state index contributed by atoms with van der Waals surface area (Å²) >= 11 is 0. The maximum Gasteiger partial charge on any atom is 0.245 e. The number of nitrogens with zero attached hydrogens (tertiary/aromatic N) is 1. The average molecular weight is 270 g/mol. The summed E-state index contributed by atoms with van der Waals surface area (Å²) in [5.41, 5.74) is 0.317. The van der Waals surface area contributed by atoms with Crippen LogP contribution >= 0.6 is 0 Å². The Hall–Kier alpha value is -1.40. The van der Waals surface area contributed by atoms with Crippen molar-refractivity contribution in [2.75, 3.05) is 18.4 Å². The number of benzene rings is 1. The van der Waals surface area contributed by atoms with Gasteiger partial charge >= 0.3 is 0 Å². The molecule has 0 heterocycles. The number of sulfonamides is 1. The second-order valence-corrected chi connectivity index (χ2v) is 5.67. The first-order valence-electron chi connectivity index (χ1n) is 5.80. The van der Waals surface area contributed by atoms with Crippen LogP contribution in [0.15, 0.2) is 29.2 Å². The molecule has 0 aliphatic rings. The van der Waals surface area contributed by atoms with Crippen LogP contribution in [0, 0.1) is 0 Å². The molecule has 0 saturated carbocycles. The molecule has 1 amide bonds. The second kappa shape index (κ2) is 5.97. The van der Waals surface area contributed by atoms with Crippen molar-refractivity contribution < 1.29 is 13.2 Å². The Morgan fingerprint density at radius 2 is 1.78 bits per heavy atom. The number of nitrogens with one attached hydrogen (secondary N) is 1. The normalized spacial score (nSPS) is 11.6. The molecule has 0 unspecified atom stereocenters. The van der Waals surface area contributed by atoms with E-state index in [1.807, 2.05) is 0 Å². The van der Waals surface area contributed by atoms with Gasteiger partial charge in [0.1, 0.15) is 4.90 Å². The third kappa shape index (κ3) is 3.08. The number of rotatable bonds is 5. The molecule has 0 fully saturated rings. The van der Waals surface area contributed by atoms with Gasteiger partial charge in [0.15, 0.2) is 0 Å². The van der Waals surface area contributed by atoms with Crippen LogP contribution < -0.4 is 5.32 Å². The van der Waals surface area contributed by atoms with Gasteiger partial charge in [-0.15, -0.1) is 0 Å². The van der Waals surface area contributed by atoms with Gasteiger partial charge in [0.05, 0.1) is 5.69 Å². The Bertz CT molecular complexity index is 522. The molecule has 0 atom stereocenters. The lowest BCUT2D eigenvalue weighted by Crippen LogP contribution is -2.31. The summed E-state index contributed by atoms with van der Waals surface area (Å²) in [5, 5.41) is 2.54. The van der Waals surface area contributed by atoms with Crippen molar-refractivity contribution in [3.05, 3.63) is 24.3 Å². The Morgan fingerprint density at radius 1 is 1.22 bits per heavy atom. The van der Waals surface area contributed by atoms with Crippen LogP contribution in [0.5, 0.6) is 0 Å². The zero-order valence-electron chi connectivity index (χ0n) is 10.8. The topological polar surface area (TPSA) is 66.5 Å². The number of anilines is 1. The monoisotopic (exact) mass is 270 g/mol. The average Bonchev–Trinajstić information content (AvgIpc) is 2.30. The highest BCUT2D eigenvalue weighted by Gasteiger charge is 2.24. The molecule has 0 radical (unpaired) electrons. The molecule has 1 aromatic rings. The summed E-state index contributed by atoms with van der Waals surface area (Å²) in [6, 6.07) is 6.41. The number of amides is 1. The molecule has 0 bridgehead atoms. The summed E-state index contributed by atoms with van der Waals surface area (Å²) in [7, 11) is -3.56. The van der Waals surface area contributed by atoms with Crippen molar-refractivity contribution >= 4 is 21.6 Å². The van der Waals surface area contributed by atoms with Crippen molar-refractivity contribution in [3.8, 4) is 0 Å². The molecular weight excluding hydrogens is 252 g/mol. The van der Waals surface area contributed by atoms with Gasteiger partial charge in [-0.1, -0.05) is 26.0 Å². The highest BCUT2D eigenvalue weighted by molar-refractivity contribution is 7.89. The van der Waals surface area contributed by atoms with Gasteiger partial charge in [0, 0.05) is 20.0 Å². The quantitative estimate of drug-likeness (QED) is 0.885. The smallest absolute Gasteiger partial charge is 0.245 e. The molecule has 5 nitrogen and oxygen atoms in total. The van der Waals surface area contributed by atoms with Crippen LogP contribution in [-0.2, 0) is 14.8 Å². The van der Waals surface area contributed by atoms with E-state index >= 15 is 0 Å². The van der Waals surface area contributed by atoms with Gasteiger partial charge in [0.2, 0.25) is 15.9 Å². The van der Waals surface area contributed by atoms with Gasteiger partial charge in [0.25, 0.3) is 0 Å². The Kier molecular flexibility index (Phi) is 4.86. The van der Waals surface area contributed by atoms with E-state index in [-0.39, 0.29) is 10.8 Å². The van der Waals surface area contributed by atoms with Crippen molar-refractivity contribution in [1.29, 1.82) is 0 Å². The highest BCUT2D eigenvalue weighted by atomic mass is 32.2. The molecular formula is C12H18N2O3S. The summed E-state index contributed by atoms with van der Waals surface area (Å²) in [6.07, 6.45) is 0. The largest absolute Gasteiger partial charge is 0.325 e. The summed E-state index contributed by atoms with van der Waals surface area (Å²) < 4.78 is 26.1. The first-order chi connectivity index (χ1) is 8.43. The van der Waals surface area contributed by atoms with E-state index < -0.39 is 10.0 Å². The van der Waals surface area contributed by atoms with E-state index in [1.54, 1.807) is 32.0 Å². The molecule has 0 spiro atoms. The van der Waals surface area contributed by atoms with E-state index in [4.69, 9.17) is 0 Å². The molecule has 1 rings (SSSR count). The molecule has 0 aliphatic carbocycles. The number of hydrogen-bond donors (Lipinski definition) is 1.